The maximum absolute atomic E-state index is 10.0. The van der Waals surface area contributed by atoms with Crippen molar-refractivity contribution in [2.24, 2.45) is 0 Å². The third-order valence-corrected chi connectivity index (χ3v) is 1.72. The maximum Gasteiger partial charge on any atom is 0.120 e. The van der Waals surface area contributed by atoms with Gasteiger partial charge in [-0.15, -0.1) is 24.8 Å². The second-order valence-corrected chi connectivity index (χ2v) is 2.77. The smallest absolute Gasteiger partial charge is 0.120 e. The van der Waals surface area contributed by atoms with Crippen LogP contribution in [0.3, 0.4) is 0 Å². The number of rotatable bonds is 3. The molecule has 0 bridgehead atoms. The molecule has 0 spiro atoms. The molecule has 1 aromatic rings. The Bertz CT molecular complexity index is 233. The summed E-state index contributed by atoms with van der Waals surface area (Å²) in [6.07, 6.45) is 2.32. The summed E-state index contributed by atoms with van der Waals surface area (Å²) in [6.45, 7) is 0. The highest BCUT2D eigenvalue weighted by molar-refractivity contribution is 6.30. The summed E-state index contributed by atoms with van der Waals surface area (Å²) in [7, 11) is 0. The average Bonchev–Trinajstić information content (AvgIpc) is 2.04. The maximum atomic E-state index is 10.0. The lowest BCUT2D eigenvalue weighted by molar-refractivity contribution is -0.107. The van der Waals surface area contributed by atoms with Gasteiger partial charge in [0.2, 0.25) is 0 Å². The lowest BCUT2D eigenvalue weighted by Gasteiger charge is -1.95. The van der Waals surface area contributed by atoms with Crippen molar-refractivity contribution in [3.8, 4) is 0 Å². The first-order valence-corrected chi connectivity index (χ1v) is 3.89. The van der Waals surface area contributed by atoms with E-state index in [-0.39, 0.29) is 24.8 Å². The molecule has 0 saturated heterocycles. The van der Waals surface area contributed by atoms with Crippen LogP contribution in [0.2, 0.25) is 5.02 Å². The summed E-state index contributed by atoms with van der Waals surface area (Å²) >= 11 is 5.68. The lowest BCUT2D eigenvalue weighted by Crippen LogP contribution is -1.84. The molecule has 0 N–H and O–H groups in total. The van der Waals surface area contributed by atoms with Crippen molar-refractivity contribution < 1.29 is 4.79 Å². The minimum Gasteiger partial charge on any atom is -0.303 e. The van der Waals surface area contributed by atoms with Crippen molar-refractivity contribution in [3.05, 3.63) is 34.9 Å². The molecule has 0 saturated carbocycles. The minimum absolute atomic E-state index is 0. The molecule has 1 aromatic carbocycles. The van der Waals surface area contributed by atoms with Gasteiger partial charge in [0.15, 0.2) is 0 Å². The molecule has 0 aliphatic heterocycles. The Kier molecular flexibility index (Phi) is 9.80. The number of hydrogen-bond acceptors (Lipinski definition) is 1. The quantitative estimate of drug-likeness (QED) is 0.742. The van der Waals surface area contributed by atoms with Gasteiger partial charge in [0.1, 0.15) is 6.29 Å². The fraction of sp³-hybridized carbons (Fsp3) is 0.222. The molecule has 0 aromatic heterocycles. The Hall–Kier alpha value is -0.240. The van der Waals surface area contributed by atoms with Crippen LogP contribution in [0.1, 0.15) is 12.0 Å². The van der Waals surface area contributed by atoms with Gasteiger partial charge in [0.25, 0.3) is 0 Å². The molecule has 0 fully saturated rings. The van der Waals surface area contributed by atoms with E-state index in [1.165, 1.54) is 0 Å². The zero-order valence-corrected chi connectivity index (χ0v) is 9.29. The monoisotopic (exact) mass is 240 g/mol. The van der Waals surface area contributed by atoms with E-state index in [9.17, 15) is 4.79 Å². The second kappa shape index (κ2) is 8.36. The largest absolute Gasteiger partial charge is 0.303 e. The molecule has 1 rings (SSSR count). The topological polar surface area (TPSA) is 17.1 Å². The molecule has 74 valence electrons. The molecule has 1 nitrogen and oxygen atoms in total. The van der Waals surface area contributed by atoms with Gasteiger partial charge in [0.05, 0.1) is 0 Å². The van der Waals surface area contributed by atoms with Gasteiger partial charge in [-0.25, -0.2) is 0 Å². The molecule has 0 radical (unpaired) electrons. The third-order valence-electron chi connectivity index (χ3n) is 1.46. The first-order valence-electron chi connectivity index (χ1n) is 3.51. The molecule has 0 heterocycles. The van der Waals surface area contributed by atoms with Crippen LogP contribution in [-0.2, 0) is 11.2 Å². The van der Waals surface area contributed by atoms with Gasteiger partial charge < -0.3 is 4.79 Å². The highest BCUT2D eigenvalue weighted by Crippen LogP contribution is 2.10. The van der Waals surface area contributed by atoms with E-state index >= 15 is 0 Å². The first kappa shape index (κ1) is 15.2. The van der Waals surface area contributed by atoms with Crippen LogP contribution in [0.5, 0.6) is 0 Å². The summed E-state index contributed by atoms with van der Waals surface area (Å²) in [5, 5.41) is 0.736. The first-order chi connectivity index (χ1) is 5.33. The fourth-order valence-corrected chi connectivity index (χ4v) is 1.00. The standard InChI is InChI=1S/C9H9ClO.2ClH/c10-9-5-3-8(4-6-9)2-1-7-11;;/h3-7H,1-2H2;2*1H. The van der Waals surface area contributed by atoms with E-state index in [0.717, 1.165) is 23.3 Å². The number of aryl methyl sites for hydroxylation is 1. The summed E-state index contributed by atoms with van der Waals surface area (Å²) in [5.74, 6) is 0. The number of carbonyl (C=O) groups excluding carboxylic acids is 1. The van der Waals surface area contributed by atoms with Gasteiger partial charge >= 0.3 is 0 Å². The molecular weight excluding hydrogens is 230 g/mol. The summed E-state index contributed by atoms with van der Waals surface area (Å²) < 4.78 is 0. The van der Waals surface area contributed by atoms with Gasteiger partial charge in [0, 0.05) is 11.4 Å². The number of carbonyl (C=O) groups is 1. The highest BCUT2D eigenvalue weighted by atomic mass is 35.5. The van der Waals surface area contributed by atoms with Gasteiger partial charge in [-0.3, -0.25) is 0 Å². The SMILES string of the molecule is Cl.Cl.O=CCCc1ccc(Cl)cc1. The minimum atomic E-state index is 0. The lowest BCUT2D eigenvalue weighted by atomic mass is 10.1. The van der Waals surface area contributed by atoms with E-state index in [1.54, 1.807) is 0 Å². The Morgan fingerprint density at radius 1 is 1.15 bits per heavy atom. The van der Waals surface area contributed by atoms with E-state index < -0.39 is 0 Å². The number of halogens is 3. The van der Waals surface area contributed by atoms with Gasteiger partial charge in [-0.05, 0) is 24.1 Å². The zero-order valence-electron chi connectivity index (χ0n) is 6.90. The van der Waals surface area contributed by atoms with E-state index in [2.05, 4.69) is 0 Å². The molecule has 0 unspecified atom stereocenters. The Balaban J connectivity index is 0. The highest BCUT2D eigenvalue weighted by Gasteiger charge is 1.91. The third kappa shape index (κ3) is 5.92. The van der Waals surface area contributed by atoms with Gasteiger partial charge in [-0.1, -0.05) is 23.7 Å². The molecule has 4 heteroatoms. The van der Waals surface area contributed by atoms with Crippen molar-refractivity contribution in [1.29, 1.82) is 0 Å². The Morgan fingerprint density at radius 2 is 1.69 bits per heavy atom. The summed E-state index contributed by atoms with van der Waals surface area (Å²) in [5.41, 5.74) is 1.15. The normalized spacial score (nSPS) is 8.08. The van der Waals surface area contributed by atoms with E-state index in [4.69, 9.17) is 11.6 Å². The van der Waals surface area contributed by atoms with Crippen LogP contribution >= 0.6 is 36.4 Å². The van der Waals surface area contributed by atoms with Crippen molar-refractivity contribution in [2.45, 2.75) is 12.8 Å². The van der Waals surface area contributed by atoms with Crippen LogP contribution in [0.25, 0.3) is 0 Å². The average molecular weight is 242 g/mol. The number of benzene rings is 1. The molecule has 0 atom stereocenters. The Morgan fingerprint density at radius 3 is 2.15 bits per heavy atom. The van der Waals surface area contributed by atoms with Crippen molar-refractivity contribution >= 4 is 42.7 Å². The van der Waals surface area contributed by atoms with Crippen molar-refractivity contribution in [1.82, 2.24) is 0 Å². The molecule has 0 amide bonds. The number of hydrogen-bond donors (Lipinski definition) is 0. The van der Waals surface area contributed by atoms with E-state index in [1.807, 2.05) is 24.3 Å². The molecule has 13 heavy (non-hydrogen) atoms. The van der Waals surface area contributed by atoms with Crippen molar-refractivity contribution in [2.75, 3.05) is 0 Å². The van der Waals surface area contributed by atoms with Crippen LogP contribution in [0.15, 0.2) is 24.3 Å². The Labute approximate surface area is 95.3 Å². The van der Waals surface area contributed by atoms with Crippen LogP contribution in [0, 0.1) is 0 Å². The van der Waals surface area contributed by atoms with Gasteiger partial charge in [-0.2, -0.15) is 0 Å². The number of aldehydes is 1. The molecule has 0 aliphatic carbocycles. The summed E-state index contributed by atoms with van der Waals surface area (Å²) in [6, 6.07) is 7.54. The predicted molar refractivity (Wildman–Crippen MR) is 60.3 cm³/mol. The van der Waals surface area contributed by atoms with E-state index in [0.29, 0.717) is 6.42 Å². The molecule has 0 aliphatic rings. The van der Waals surface area contributed by atoms with Crippen LogP contribution < -0.4 is 0 Å². The summed E-state index contributed by atoms with van der Waals surface area (Å²) in [4.78, 5) is 10.0. The predicted octanol–water partition coefficient (Wildman–Crippen LogP) is 3.32. The van der Waals surface area contributed by atoms with Crippen LogP contribution in [-0.4, -0.2) is 6.29 Å². The van der Waals surface area contributed by atoms with Crippen molar-refractivity contribution in [3.63, 3.8) is 0 Å². The fourth-order valence-electron chi connectivity index (χ4n) is 0.877. The zero-order chi connectivity index (χ0) is 8.10. The van der Waals surface area contributed by atoms with Crippen LogP contribution in [0.4, 0.5) is 0 Å². The second-order valence-electron chi connectivity index (χ2n) is 2.33. The molecular formula is C9H11Cl3O.